The fourth-order valence-electron chi connectivity index (χ4n) is 4.14. The average molecular weight is 338 g/mol. The zero-order valence-electron chi connectivity index (χ0n) is 16.5. The fraction of sp³-hybridized carbons (Fsp3) is 0.500. The van der Waals surface area contributed by atoms with E-state index in [1.165, 1.54) is 43.5 Å². The number of para-hydroxylation sites is 2. The van der Waals surface area contributed by atoms with Gasteiger partial charge in [-0.1, -0.05) is 89.8 Å². The minimum absolute atomic E-state index is 0.159. The summed E-state index contributed by atoms with van der Waals surface area (Å²) in [6, 6.07) is 21.9. The van der Waals surface area contributed by atoms with E-state index in [-0.39, 0.29) is 5.54 Å². The van der Waals surface area contributed by atoms with Crippen LogP contribution < -0.4 is 4.90 Å². The molecule has 0 amide bonds. The zero-order valence-corrected chi connectivity index (χ0v) is 16.5. The molecule has 0 aromatic heterocycles. The van der Waals surface area contributed by atoms with Gasteiger partial charge in [-0.15, -0.1) is 0 Å². The lowest BCUT2D eigenvalue weighted by molar-refractivity contribution is 0.243. The minimum Gasteiger partial charge on any atom is -0.335 e. The average Bonchev–Trinajstić information content (AvgIpc) is 2.68. The second kappa shape index (κ2) is 9.65. The maximum absolute atomic E-state index is 2.64. The van der Waals surface area contributed by atoms with Gasteiger partial charge in [-0.3, -0.25) is 0 Å². The highest BCUT2D eigenvalue weighted by Gasteiger charge is 2.40. The predicted octanol–water partition coefficient (Wildman–Crippen LogP) is 7.60. The summed E-state index contributed by atoms with van der Waals surface area (Å²) in [7, 11) is 0. The highest BCUT2D eigenvalue weighted by molar-refractivity contribution is 5.65. The summed E-state index contributed by atoms with van der Waals surface area (Å²) < 4.78 is 0. The second-order valence-electron chi connectivity index (χ2n) is 7.23. The predicted molar refractivity (Wildman–Crippen MR) is 112 cm³/mol. The van der Waals surface area contributed by atoms with Crippen LogP contribution in [0.15, 0.2) is 60.7 Å². The minimum atomic E-state index is 0.159. The molecule has 136 valence electrons. The van der Waals surface area contributed by atoms with Gasteiger partial charge < -0.3 is 4.90 Å². The monoisotopic (exact) mass is 337 g/mol. The van der Waals surface area contributed by atoms with Crippen LogP contribution in [0.25, 0.3) is 0 Å². The van der Waals surface area contributed by atoms with Gasteiger partial charge in [0.15, 0.2) is 0 Å². The normalized spacial score (nSPS) is 14.7. The maximum atomic E-state index is 2.64. The van der Waals surface area contributed by atoms with E-state index in [2.05, 4.69) is 93.3 Å². The zero-order chi connectivity index (χ0) is 18.1. The topological polar surface area (TPSA) is 3.24 Å². The second-order valence-corrected chi connectivity index (χ2v) is 7.23. The van der Waals surface area contributed by atoms with Crippen LogP contribution in [0.2, 0.25) is 0 Å². The third kappa shape index (κ3) is 4.45. The van der Waals surface area contributed by atoms with Gasteiger partial charge in [0.25, 0.3) is 0 Å². The van der Waals surface area contributed by atoms with E-state index in [9.17, 15) is 0 Å². The lowest BCUT2D eigenvalue weighted by Crippen LogP contribution is -2.51. The number of hydrogen-bond donors (Lipinski definition) is 0. The molecule has 0 bridgehead atoms. The smallest absolute Gasteiger partial charge is 0.0474 e. The van der Waals surface area contributed by atoms with Crippen LogP contribution >= 0.6 is 0 Å². The molecule has 0 N–H and O–H groups in total. The first-order valence-corrected chi connectivity index (χ1v) is 10.1. The number of unbranched alkanes of at least 4 members (excludes halogenated alkanes) is 2. The molecule has 0 saturated carbocycles. The highest BCUT2D eigenvalue weighted by Crippen LogP contribution is 2.43. The molecule has 2 aromatic rings. The molecule has 2 unspecified atom stereocenters. The first-order valence-electron chi connectivity index (χ1n) is 10.1. The van der Waals surface area contributed by atoms with Crippen LogP contribution in [0.5, 0.6) is 0 Å². The molecule has 0 fully saturated rings. The first-order chi connectivity index (χ1) is 12.2. The molecule has 1 nitrogen and oxygen atoms in total. The molecule has 0 aliphatic heterocycles. The van der Waals surface area contributed by atoms with Gasteiger partial charge in [0.2, 0.25) is 0 Å². The Morgan fingerprint density at radius 3 is 1.72 bits per heavy atom. The van der Waals surface area contributed by atoms with Crippen molar-refractivity contribution in [3.63, 3.8) is 0 Å². The quantitative estimate of drug-likeness (QED) is 0.403. The largest absolute Gasteiger partial charge is 0.335 e. The van der Waals surface area contributed by atoms with Crippen molar-refractivity contribution in [2.24, 2.45) is 5.92 Å². The fourth-order valence-corrected chi connectivity index (χ4v) is 4.14. The molecule has 1 heteroatoms. The first kappa shape index (κ1) is 19.6. The molecule has 2 atom stereocenters. The third-order valence-corrected chi connectivity index (χ3v) is 5.83. The molecular formula is C24H35N. The molecule has 25 heavy (non-hydrogen) atoms. The Morgan fingerprint density at radius 1 is 0.800 bits per heavy atom. The van der Waals surface area contributed by atoms with E-state index >= 15 is 0 Å². The van der Waals surface area contributed by atoms with Crippen LogP contribution in [-0.2, 0) is 0 Å². The van der Waals surface area contributed by atoms with E-state index in [1.54, 1.807) is 0 Å². The van der Waals surface area contributed by atoms with E-state index in [0.717, 1.165) is 6.42 Å². The molecule has 0 saturated heterocycles. The van der Waals surface area contributed by atoms with Gasteiger partial charge in [-0.2, -0.15) is 0 Å². The Balaban J connectivity index is 2.55. The molecule has 0 radical (unpaired) electrons. The summed E-state index contributed by atoms with van der Waals surface area (Å²) in [6.45, 7) is 9.44. The van der Waals surface area contributed by atoms with Gasteiger partial charge in [0.1, 0.15) is 0 Å². The van der Waals surface area contributed by atoms with Crippen molar-refractivity contribution in [1.29, 1.82) is 0 Å². The molecule has 0 aliphatic carbocycles. The van der Waals surface area contributed by atoms with Crippen molar-refractivity contribution in [1.82, 2.24) is 0 Å². The molecule has 0 spiro atoms. The van der Waals surface area contributed by atoms with Gasteiger partial charge in [0, 0.05) is 16.9 Å². The number of rotatable bonds is 10. The molecule has 2 aromatic carbocycles. The molecule has 0 heterocycles. The maximum Gasteiger partial charge on any atom is 0.0474 e. The van der Waals surface area contributed by atoms with E-state index in [0.29, 0.717) is 5.92 Å². The Hall–Kier alpha value is -1.76. The van der Waals surface area contributed by atoms with Gasteiger partial charge in [0.05, 0.1) is 0 Å². The van der Waals surface area contributed by atoms with Crippen LogP contribution in [0.4, 0.5) is 11.4 Å². The van der Waals surface area contributed by atoms with E-state index in [4.69, 9.17) is 0 Å². The van der Waals surface area contributed by atoms with Crippen LogP contribution in [0.3, 0.4) is 0 Å². The molecular weight excluding hydrogens is 302 g/mol. The number of nitrogens with zero attached hydrogens (tertiary/aromatic N) is 1. The van der Waals surface area contributed by atoms with Gasteiger partial charge >= 0.3 is 0 Å². The summed E-state index contributed by atoms with van der Waals surface area (Å²) in [5.74, 6) is 0.634. The van der Waals surface area contributed by atoms with Crippen molar-refractivity contribution in [2.75, 3.05) is 4.90 Å². The van der Waals surface area contributed by atoms with Crippen LogP contribution in [0.1, 0.15) is 66.2 Å². The van der Waals surface area contributed by atoms with Gasteiger partial charge in [-0.25, -0.2) is 0 Å². The van der Waals surface area contributed by atoms with Crippen molar-refractivity contribution >= 4 is 11.4 Å². The SMILES string of the molecule is CCCCCC(CC)(C(C)CC)N(c1ccccc1)c1ccccc1. The van der Waals surface area contributed by atoms with E-state index in [1.807, 2.05) is 0 Å². The molecule has 2 rings (SSSR count). The number of hydrogen-bond acceptors (Lipinski definition) is 1. The van der Waals surface area contributed by atoms with Gasteiger partial charge in [-0.05, 0) is 43.0 Å². The van der Waals surface area contributed by atoms with Crippen molar-refractivity contribution in [2.45, 2.75) is 71.8 Å². The number of anilines is 2. The van der Waals surface area contributed by atoms with Crippen molar-refractivity contribution in [3.8, 4) is 0 Å². The summed E-state index contributed by atoms with van der Waals surface area (Å²) >= 11 is 0. The van der Waals surface area contributed by atoms with Crippen LogP contribution in [-0.4, -0.2) is 5.54 Å². The van der Waals surface area contributed by atoms with Crippen molar-refractivity contribution in [3.05, 3.63) is 60.7 Å². The Morgan fingerprint density at radius 2 is 1.32 bits per heavy atom. The Bertz CT molecular complexity index is 553. The van der Waals surface area contributed by atoms with Crippen LogP contribution in [0, 0.1) is 5.92 Å². The lowest BCUT2D eigenvalue weighted by atomic mass is 9.75. The summed E-state index contributed by atoms with van der Waals surface area (Å²) in [5, 5.41) is 0. The standard InChI is InChI=1S/C24H35N/c1-5-8-15-20-24(7-3,21(4)6-2)25(22-16-11-9-12-17-22)23-18-13-10-14-19-23/h9-14,16-19,21H,5-8,15,20H2,1-4H3. The third-order valence-electron chi connectivity index (χ3n) is 5.83. The summed E-state index contributed by atoms with van der Waals surface area (Å²) in [5.41, 5.74) is 2.78. The highest BCUT2D eigenvalue weighted by atomic mass is 15.2. The van der Waals surface area contributed by atoms with Crippen molar-refractivity contribution < 1.29 is 0 Å². The molecule has 0 aliphatic rings. The lowest BCUT2D eigenvalue weighted by Gasteiger charge is -2.49. The summed E-state index contributed by atoms with van der Waals surface area (Å²) in [4.78, 5) is 2.64. The Kier molecular flexibility index (Phi) is 7.55. The summed E-state index contributed by atoms with van der Waals surface area (Å²) in [6.07, 6.45) is 7.50. The Labute approximate surface area is 155 Å². The van der Waals surface area contributed by atoms with E-state index < -0.39 is 0 Å². The number of benzene rings is 2.